The Morgan fingerprint density at radius 1 is 1.05 bits per heavy atom. The zero-order chi connectivity index (χ0) is 14.5. The molecule has 106 valence electrons. The SMILES string of the molecule is CCC(CC(=O)Cc1ccc2ccccc2c1)C(C)C. The number of ketones is 1. The summed E-state index contributed by atoms with van der Waals surface area (Å²) in [4.78, 5) is 12.2. The molecule has 2 aromatic carbocycles. The van der Waals surface area contributed by atoms with Crippen molar-refractivity contribution in [3.05, 3.63) is 48.0 Å². The zero-order valence-corrected chi connectivity index (χ0v) is 12.7. The largest absolute Gasteiger partial charge is 0.299 e. The molecule has 0 amide bonds. The molecule has 0 aliphatic rings. The van der Waals surface area contributed by atoms with E-state index in [0.717, 1.165) is 12.0 Å². The van der Waals surface area contributed by atoms with E-state index < -0.39 is 0 Å². The lowest BCUT2D eigenvalue weighted by molar-refractivity contribution is -0.119. The van der Waals surface area contributed by atoms with Crippen molar-refractivity contribution < 1.29 is 4.79 Å². The summed E-state index contributed by atoms with van der Waals surface area (Å²) in [7, 11) is 0. The van der Waals surface area contributed by atoms with Crippen LogP contribution in [0, 0.1) is 11.8 Å². The highest BCUT2D eigenvalue weighted by atomic mass is 16.1. The molecule has 1 heteroatoms. The van der Waals surface area contributed by atoms with Crippen molar-refractivity contribution in [2.75, 3.05) is 0 Å². The highest BCUT2D eigenvalue weighted by molar-refractivity contribution is 5.86. The van der Waals surface area contributed by atoms with Gasteiger partial charge in [0.2, 0.25) is 0 Å². The quantitative estimate of drug-likeness (QED) is 0.718. The Bertz CT molecular complexity index is 583. The predicted octanol–water partition coefficient (Wildman–Crippen LogP) is 5.02. The van der Waals surface area contributed by atoms with Gasteiger partial charge in [0.1, 0.15) is 5.78 Å². The van der Waals surface area contributed by atoms with Crippen LogP contribution in [0.15, 0.2) is 42.5 Å². The molecule has 1 unspecified atom stereocenters. The van der Waals surface area contributed by atoms with Gasteiger partial charge in [-0.05, 0) is 28.2 Å². The van der Waals surface area contributed by atoms with Crippen molar-refractivity contribution in [2.24, 2.45) is 11.8 Å². The van der Waals surface area contributed by atoms with Crippen molar-refractivity contribution in [2.45, 2.75) is 40.0 Å². The molecule has 0 spiro atoms. The molecule has 0 aromatic heterocycles. The summed E-state index contributed by atoms with van der Waals surface area (Å²) in [6.45, 7) is 6.59. The van der Waals surface area contributed by atoms with Gasteiger partial charge in [-0.15, -0.1) is 0 Å². The minimum absolute atomic E-state index is 0.362. The molecule has 0 saturated carbocycles. The Morgan fingerprint density at radius 3 is 2.40 bits per heavy atom. The number of hydrogen-bond donors (Lipinski definition) is 0. The fourth-order valence-corrected chi connectivity index (χ4v) is 2.79. The predicted molar refractivity (Wildman–Crippen MR) is 85.9 cm³/mol. The van der Waals surface area contributed by atoms with Gasteiger partial charge in [0.25, 0.3) is 0 Å². The van der Waals surface area contributed by atoms with Gasteiger partial charge in [0.15, 0.2) is 0 Å². The standard InChI is InChI=1S/C19H24O/c1-4-16(14(2)3)13-19(20)12-15-9-10-17-7-5-6-8-18(17)11-15/h5-11,14,16H,4,12-13H2,1-3H3. The van der Waals surface area contributed by atoms with Crippen molar-refractivity contribution in [3.63, 3.8) is 0 Å². The maximum atomic E-state index is 12.2. The van der Waals surface area contributed by atoms with E-state index in [0.29, 0.717) is 30.5 Å². The van der Waals surface area contributed by atoms with E-state index >= 15 is 0 Å². The van der Waals surface area contributed by atoms with Crippen LogP contribution in [0.2, 0.25) is 0 Å². The van der Waals surface area contributed by atoms with Gasteiger partial charge in [-0.2, -0.15) is 0 Å². The summed E-state index contributed by atoms with van der Waals surface area (Å²) in [6, 6.07) is 14.6. The molecule has 1 nitrogen and oxygen atoms in total. The second-order valence-corrected chi connectivity index (χ2v) is 6.01. The van der Waals surface area contributed by atoms with Crippen LogP contribution in [0.4, 0.5) is 0 Å². The van der Waals surface area contributed by atoms with Gasteiger partial charge in [-0.25, -0.2) is 0 Å². The topological polar surface area (TPSA) is 17.1 Å². The lowest BCUT2D eigenvalue weighted by atomic mass is 9.87. The highest BCUT2D eigenvalue weighted by Gasteiger charge is 2.15. The van der Waals surface area contributed by atoms with Crippen LogP contribution in [-0.4, -0.2) is 5.78 Å². The first-order chi connectivity index (χ1) is 9.60. The maximum absolute atomic E-state index is 12.2. The summed E-state index contributed by atoms with van der Waals surface area (Å²) in [5, 5.41) is 2.45. The Morgan fingerprint density at radius 2 is 1.75 bits per heavy atom. The Hall–Kier alpha value is -1.63. The van der Waals surface area contributed by atoms with E-state index in [1.54, 1.807) is 0 Å². The normalized spacial score (nSPS) is 12.8. The molecule has 0 fully saturated rings. The second-order valence-electron chi connectivity index (χ2n) is 6.01. The monoisotopic (exact) mass is 268 g/mol. The molecule has 0 aliphatic heterocycles. The summed E-state index contributed by atoms with van der Waals surface area (Å²) in [5.74, 6) is 1.46. The molecule has 2 aromatic rings. The summed E-state index contributed by atoms with van der Waals surface area (Å²) < 4.78 is 0. The number of carbonyl (C=O) groups is 1. The molecule has 0 bridgehead atoms. The van der Waals surface area contributed by atoms with Gasteiger partial charge in [-0.1, -0.05) is 69.7 Å². The van der Waals surface area contributed by atoms with Gasteiger partial charge >= 0.3 is 0 Å². The number of hydrogen-bond acceptors (Lipinski definition) is 1. The van der Waals surface area contributed by atoms with Gasteiger partial charge in [-0.3, -0.25) is 4.79 Å². The van der Waals surface area contributed by atoms with Crippen LogP contribution in [-0.2, 0) is 11.2 Å². The molecule has 0 aliphatic carbocycles. The number of benzene rings is 2. The van der Waals surface area contributed by atoms with Crippen molar-refractivity contribution in [1.29, 1.82) is 0 Å². The van der Waals surface area contributed by atoms with E-state index in [2.05, 4.69) is 51.1 Å². The van der Waals surface area contributed by atoms with Crippen LogP contribution >= 0.6 is 0 Å². The van der Waals surface area contributed by atoms with E-state index in [4.69, 9.17) is 0 Å². The van der Waals surface area contributed by atoms with Crippen molar-refractivity contribution in [3.8, 4) is 0 Å². The maximum Gasteiger partial charge on any atom is 0.137 e. The first kappa shape index (κ1) is 14.8. The highest BCUT2D eigenvalue weighted by Crippen LogP contribution is 2.21. The van der Waals surface area contributed by atoms with Crippen LogP contribution in [0.3, 0.4) is 0 Å². The molecular formula is C19H24O. The van der Waals surface area contributed by atoms with Gasteiger partial charge in [0, 0.05) is 12.8 Å². The summed E-state index contributed by atoms with van der Waals surface area (Å²) >= 11 is 0. The zero-order valence-electron chi connectivity index (χ0n) is 12.7. The van der Waals surface area contributed by atoms with Gasteiger partial charge in [0.05, 0.1) is 0 Å². The fourth-order valence-electron chi connectivity index (χ4n) is 2.79. The van der Waals surface area contributed by atoms with Crippen molar-refractivity contribution >= 4 is 16.6 Å². The summed E-state index contributed by atoms with van der Waals surface area (Å²) in [6.07, 6.45) is 2.36. The molecule has 1 atom stereocenters. The molecular weight excluding hydrogens is 244 g/mol. The molecule has 0 N–H and O–H groups in total. The minimum Gasteiger partial charge on any atom is -0.299 e. The molecule has 2 rings (SSSR count). The van der Waals surface area contributed by atoms with E-state index in [1.807, 2.05) is 12.1 Å². The first-order valence-electron chi connectivity index (χ1n) is 7.59. The lowest BCUT2D eigenvalue weighted by Crippen LogP contribution is -2.15. The number of fused-ring (bicyclic) bond motifs is 1. The second kappa shape index (κ2) is 6.69. The van der Waals surface area contributed by atoms with Crippen LogP contribution < -0.4 is 0 Å². The van der Waals surface area contributed by atoms with Gasteiger partial charge < -0.3 is 0 Å². The van der Waals surface area contributed by atoms with E-state index in [1.165, 1.54) is 10.8 Å². The minimum atomic E-state index is 0.362. The lowest BCUT2D eigenvalue weighted by Gasteiger charge is -2.17. The number of Topliss-reactive ketones (excluding diaryl/α,β-unsaturated/α-hetero) is 1. The van der Waals surface area contributed by atoms with E-state index in [-0.39, 0.29) is 0 Å². The van der Waals surface area contributed by atoms with Crippen LogP contribution in [0.25, 0.3) is 10.8 Å². The number of rotatable bonds is 6. The average Bonchev–Trinajstić information content (AvgIpc) is 2.44. The fraction of sp³-hybridized carbons (Fsp3) is 0.421. The number of carbonyl (C=O) groups excluding carboxylic acids is 1. The smallest absolute Gasteiger partial charge is 0.137 e. The molecule has 20 heavy (non-hydrogen) atoms. The molecule has 0 heterocycles. The Balaban J connectivity index is 2.06. The van der Waals surface area contributed by atoms with Crippen molar-refractivity contribution in [1.82, 2.24) is 0 Å². The van der Waals surface area contributed by atoms with Crippen LogP contribution in [0.5, 0.6) is 0 Å². The average molecular weight is 268 g/mol. The molecule has 0 saturated heterocycles. The third kappa shape index (κ3) is 3.69. The third-order valence-electron chi connectivity index (χ3n) is 4.17. The first-order valence-corrected chi connectivity index (χ1v) is 7.59. The Labute approximate surface area is 122 Å². The third-order valence-corrected chi connectivity index (χ3v) is 4.17. The van der Waals surface area contributed by atoms with E-state index in [9.17, 15) is 4.79 Å². The molecule has 0 radical (unpaired) electrons. The summed E-state index contributed by atoms with van der Waals surface area (Å²) in [5.41, 5.74) is 1.13. The Kier molecular flexibility index (Phi) is 4.94. The van der Waals surface area contributed by atoms with Crippen LogP contribution in [0.1, 0.15) is 39.2 Å².